The van der Waals surface area contributed by atoms with Crippen LogP contribution in [-0.2, 0) is 0 Å². The summed E-state index contributed by atoms with van der Waals surface area (Å²) in [7, 11) is 0. The van der Waals surface area contributed by atoms with Crippen molar-refractivity contribution in [3.05, 3.63) is 70.3 Å². The van der Waals surface area contributed by atoms with Gasteiger partial charge in [-0.25, -0.2) is 4.98 Å². The molecule has 0 aliphatic heterocycles. The van der Waals surface area contributed by atoms with Gasteiger partial charge in [0.05, 0.1) is 5.52 Å². The van der Waals surface area contributed by atoms with Gasteiger partial charge in [-0.05, 0) is 36.8 Å². The Morgan fingerprint density at radius 3 is 2.71 bits per heavy atom. The molecule has 0 bridgehead atoms. The molecule has 3 nitrogen and oxygen atoms in total. The lowest BCUT2D eigenvalue weighted by Gasteiger charge is -2.07. The molecule has 0 radical (unpaired) electrons. The largest absolute Gasteiger partial charge is 0.321 e. The SMILES string of the molecule is Cc1ccc(NC(=O)c2ccc3ccccc3n2)cc1Br. The summed E-state index contributed by atoms with van der Waals surface area (Å²) in [5.74, 6) is -0.212. The molecule has 0 saturated heterocycles. The predicted molar refractivity (Wildman–Crippen MR) is 88.6 cm³/mol. The molecule has 0 aliphatic rings. The first-order valence-corrected chi connectivity index (χ1v) is 7.36. The van der Waals surface area contributed by atoms with E-state index in [1.807, 2.05) is 55.5 Å². The fourth-order valence-corrected chi connectivity index (χ4v) is 2.44. The molecule has 0 unspecified atom stereocenters. The molecule has 3 aromatic rings. The molecule has 21 heavy (non-hydrogen) atoms. The molecule has 2 aromatic carbocycles. The number of fused-ring (bicyclic) bond motifs is 1. The highest BCUT2D eigenvalue weighted by Gasteiger charge is 2.09. The minimum atomic E-state index is -0.212. The van der Waals surface area contributed by atoms with Gasteiger partial charge in [-0.1, -0.05) is 46.3 Å². The third-order valence-electron chi connectivity index (χ3n) is 3.26. The summed E-state index contributed by atoms with van der Waals surface area (Å²) in [6.07, 6.45) is 0. The molecule has 1 N–H and O–H groups in total. The van der Waals surface area contributed by atoms with E-state index in [0.29, 0.717) is 5.69 Å². The summed E-state index contributed by atoms with van der Waals surface area (Å²) >= 11 is 3.46. The summed E-state index contributed by atoms with van der Waals surface area (Å²) in [6, 6.07) is 17.1. The zero-order valence-corrected chi connectivity index (χ0v) is 13.0. The number of hydrogen-bond acceptors (Lipinski definition) is 2. The summed E-state index contributed by atoms with van der Waals surface area (Å²) in [4.78, 5) is 16.7. The Hall–Kier alpha value is -2.20. The van der Waals surface area contributed by atoms with Crippen molar-refractivity contribution in [2.24, 2.45) is 0 Å². The predicted octanol–water partition coefficient (Wildman–Crippen LogP) is 4.56. The second kappa shape index (κ2) is 5.66. The Labute approximate surface area is 131 Å². The maximum absolute atomic E-state index is 12.3. The van der Waals surface area contributed by atoms with Crippen LogP contribution in [0.2, 0.25) is 0 Å². The minimum absolute atomic E-state index is 0.212. The zero-order chi connectivity index (χ0) is 14.8. The van der Waals surface area contributed by atoms with Gasteiger partial charge in [0.25, 0.3) is 5.91 Å². The van der Waals surface area contributed by atoms with Crippen LogP contribution >= 0.6 is 15.9 Å². The Balaban J connectivity index is 1.87. The number of hydrogen-bond donors (Lipinski definition) is 1. The topological polar surface area (TPSA) is 42.0 Å². The van der Waals surface area contributed by atoms with Crippen molar-refractivity contribution >= 4 is 38.4 Å². The molecule has 0 spiro atoms. The number of nitrogens with zero attached hydrogens (tertiary/aromatic N) is 1. The van der Waals surface area contributed by atoms with E-state index >= 15 is 0 Å². The number of para-hydroxylation sites is 1. The van der Waals surface area contributed by atoms with Gasteiger partial charge in [-0.3, -0.25) is 4.79 Å². The maximum Gasteiger partial charge on any atom is 0.274 e. The lowest BCUT2D eigenvalue weighted by molar-refractivity contribution is 0.102. The number of carbonyl (C=O) groups is 1. The van der Waals surface area contributed by atoms with Crippen molar-refractivity contribution < 1.29 is 4.79 Å². The molecule has 104 valence electrons. The molecule has 3 rings (SSSR count). The third kappa shape index (κ3) is 2.95. The van der Waals surface area contributed by atoms with Crippen molar-refractivity contribution in [1.82, 2.24) is 4.98 Å². The molecule has 1 aromatic heterocycles. The van der Waals surface area contributed by atoms with E-state index in [2.05, 4.69) is 26.2 Å². The monoisotopic (exact) mass is 340 g/mol. The quantitative estimate of drug-likeness (QED) is 0.743. The van der Waals surface area contributed by atoms with Crippen LogP contribution < -0.4 is 5.32 Å². The second-order valence-corrected chi connectivity index (χ2v) is 5.66. The average Bonchev–Trinajstić information content (AvgIpc) is 2.50. The number of carbonyl (C=O) groups excluding carboxylic acids is 1. The average molecular weight is 341 g/mol. The zero-order valence-electron chi connectivity index (χ0n) is 11.4. The number of benzene rings is 2. The van der Waals surface area contributed by atoms with Gasteiger partial charge >= 0.3 is 0 Å². The van der Waals surface area contributed by atoms with Crippen LogP contribution in [0.5, 0.6) is 0 Å². The summed E-state index contributed by atoms with van der Waals surface area (Å²) in [5, 5.41) is 3.88. The molecule has 0 fully saturated rings. The lowest BCUT2D eigenvalue weighted by atomic mass is 10.2. The van der Waals surface area contributed by atoms with Crippen molar-refractivity contribution in [1.29, 1.82) is 0 Å². The highest BCUT2D eigenvalue weighted by Crippen LogP contribution is 2.21. The van der Waals surface area contributed by atoms with Gasteiger partial charge in [-0.15, -0.1) is 0 Å². The van der Waals surface area contributed by atoms with Gasteiger partial charge in [0.1, 0.15) is 5.69 Å². The fourth-order valence-electron chi connectivity index (χ4n) is 2.06. The first-order valence-electron chi connectivity index (χ1n) is 6.57. The minimum Gasteiger partial charge on any atom is -0.321 e. The number of halogens is 1. The number of amides is 1. The van der Waals surface area contributed by atoms with Crippen LogP contribution in [0.4, 0.5) is 5.69 Å². The highest BCUT2D eigenvalue weighted by atomic mass is 79.9. The highest BCUT2D eigenvalue weighted by molar-refractivity contribution is 9.10. The Morgan fingerprint density at radius 1 is 1.10 bits per heavy atom. The fraction of sp³-hybridized carbons (Fsp3) is 0.0588. The van der Waals surface area contributed by atoms with Crippen LogP contribution in [0.3, 0.4) is 0 Å². The van der Waals surface area contributed by atoms with E-state index in [1.54, 1.807) is 6.07 Å². The first-order chi connectivity index (χ1) is 10.1. The molecule has 1 amide bonds. The van der Waals surface area contributed by atoms with Crippen molar-refractivity contribution in [3.8, 4) is 0 Å². The molecule has 4 heteroatoms. The van der Waals surface area contributed by atoms with Crippen LogP contribution in [0, 0.1) is 6.92 Å². The number of anilines is 1. The molecular formula is C17H13BrN2O. The molecule has 0 atom stereocenters. The van der Waals surface area contributed by atoms with Gasteiger partial charge in [0.15, 0.2) is 0 Å². The Morgan fingerprint density at radius 2 is 1.90 bits per heavy atom. The van der Waals surface area contributed by atoms with Gasteiger partial charge in [0.2, 0.25) is 0 Å². The van der Waals surface area contributed by atoms with Crippen LogP contribution in [-0.4, -0.2) is 10.9 Å². The van der Waals surface area contributed by atoms with Crippen molar-refractivity contribution in [3.63, 3.8) is 0 Å². The summed E-state index contributed by atoms with van der Waals surface area (Å²) in [5.41, 5.74) is 3.09. The Kier molecular flexibility index (Phi) is 3.71. The van der Waals surface area contributed by atoms with E-state index in [-0.39, 0.29) is 5.91 Å². The van der Waals surface area contributed by atoms with Crippen LogP contribution in [0.1, 0.15) is 16.1 Å². The number of pyridine rings is 1. The third-order valence-corrected chi connectivity index (χ3v) is 4.12. The lowest BCUT2D eigenvalue weighted by Crippen LogP contribution is -2.13. The molecule has 1 heterocycles. The number of aryl methyl sites for hydroxylation is 1. The van der Waals surface area contributed by atoms with Crippen molar-refractivity contribution in [2.45, 2.75) is 6.92 Å². The van der Waals surface area contributed by atoms with Gasteiger partial charge < -0.3 is 5.32 Å². The molecular weight excluding hydrogens is 328 g/mol. The van der Waals surface area contributed by atoms with E-state index in [4.69, 9.17) is 0 Å². The molecule has 0 aliphatic carbocycles. The van der Waals surface area contributed by atoms with E-state index in [1.165, 1.54) is 0 Å². The smallest absolute Gasteiger partial charge is 0.274 e. The maximum atomic E-state index is 12.3. The standard InChI is InChI=1S/C17H13BrN2O/c1-11-6-8-13(10-14(11)18)19-17(21)16-9-7-12-4-2-3-5-15(12)20-16/h2-10H,1H3,(H,19,21). The number of rotatable bonds is 2. The first kappa shape index (κ1) is 13.8. The normalized spacial score (nSPS) is 10.6. The van der Waals surface area contributed by atoms with E-state index in [9.17, 15) is 4.79 Å². The van der Waals surface area contributed by atoms with Gasteiger partial charge in [0, 0.05) is 15.5 Å². The van der Waals surface area contributed by atoms with E-state index < -0.39 is 0 Å². The summed E-state index contributed by atoms with van der Waals surface area (Å²) < 4.78 is 0.965. The Bertz CT molecular complexity index is 830. The second-order valence-electron chi connectivity index (χ2n) is 4.81. The molecule has 0 saturated carbocycles. The number of aromatic nitrogens is 1. The van der Waals surface area contributed by atoms with Crippen LogP contribution in [0.25, 0.3) is 10.9 Å². The van der Waals surface area contributed by atoms with E-state index in [0.717, 1.165) is 26.6 Å². The van der Waals surface area contributed by atoms with Crippen molar-refractivity contribution in [2.75, 3.05) is 5.32 Å². The summed E-state index contributed by atoms with van der Waals surface area (Å²) in [6.45, 7) is 2.00. The van der Waals surface area contributed by atoms with Crippen LogP contribution in [0.15, 0.2) is 59.1 Å². The van der Waals surface area contributed by atoms with Gasteiger partial charge in [-0.2, -0.15) is 0 Å². The number of nitrogens with one attached hydrogen (secondary N) is 1.